The zero-order chi connectivity index (χ0) is 16.5. The summed E-state index contributed by atoms with van der Waals surface area (Å²) in [6.07, 6.45) is 0. The Morgan fingerprint density at radius 1 is 1.18 bits per heavy atom. The van der Waals surface area contributed by atoms with E-state index in [0.717, 1.165) is 11.6 Å². The maximum atomic E-state index is 12.2. The number of aromatic nitrogens is 1. The molecule has 0 unspecified atom stereocenters. The Morgan fingerprint density at radius 3 is 2.32 bits per heavy atom. The highest BCUT2D eigenvalue weighted by Crippen LogP contribution is 2.26. The van der Waals surface area contributed by atoms with Crippen LogP contribution >= 0.6 is 0 Å². The van der Waals surface area contributed by atoms with Crippen LogP contribution in [-0.2, 0) is 10.1 Å². The van der Waals surface area contributed by atoms with Crippen molar-refractivity contribution < 1.29 is 17.5 Å². The van der Waals surface area contributed by atoms with Gasteiger partial charge in [0.1, 0.15) is 4.90 Å². The van der Waals surface area contributed by atoms with Crippen LogP contribution in [-0.4, -0.2) is 18.3 Å². The van der Waals surface area contributed by atoms with Gasteiger partial charge in [0, 0.05) is 11.8 Å². The number of nitro groups is 1. The minimum Gasteiger partial charge on any atom is -0.371 e. The van der Waals surface area contributed by atoms with Gasteiger partial charge in [-0.2, -0.15) is 8.42 Å². The number of rotatable bonds is 4. The summed E-state index contributed by atoms with van der Waals surface area (Å²) >= 11 is 0. The van der Waals surface area contributed by atoms with Gasteiger partial charge in [-0.25, -0.2) is 0 Å². The highest BCUT2D eigenvalue weighted by molar-refractivity contribution is 7.87. The molecule has 2 aromatic rings. The predicted molar refractivity (Wildman–Crippen MR) is 77.4 cm³/mol. The maximum Gasteiger partial charge on any atom is 0.377 e. The third-order valence-electron chi connectivity index (χ3n) is 2.80. The summed E-state index contributed by atoms with van der Waals surface area (Å²) in [7, 11) is -4.28. The molecule has 0 aliphatic rings. The molecular formula is C13H12N2O6S. The molecule has 1 N–H and O–H groups in total. The summed E-state index contributed by atoms with van der Waals surface area (Å²) in [6, 6.07) is 6.85. The van der Waals surface area contributed by atoms with Gasteiger partial charge < -0.3 is 9.17 Å². The molecule has 0 spiro atoms. The van der Waals surface area contributed by atoms with Crippen LogP contribution in [0, 0.1) is 24.0 Å². The van der Waals surface area contributed by atoms with E-state index >= 15 is 0 Å². The van der Waals surface area contributed by atoms with Crippen LogP contribution in [0.15, 0.2) is 40.0 Å². The van der Waals surface area contributed by atoms with Crippen LogP contribution in [0.3, 0.4) is 0 Å². The molecule has 0 aliphatic heterocycles. The van der Waals surface area contributed by atoms with Crippen molar-refractivity contribution in [2.24, 2.45) is 0 Å². The van der Waals surface area contributed by atoms with Gasteiger partial charge >= 0.3 is 21.4 Å². The molecule has 0 saturated carbocycles. The molecule has 0 saturated heterocycles. The quantitative estimate of drug-likeness (QED) is 0.519. The Kier molecular flexibility index (Phi) is 4.00. The number of benzene rings is 1. The first-order valence-corrected chi connectivity index (χ1v) is 7.51. The third kappa shape index (κ3) is 3.14. The maximum absolute atomic E-state index is 12.2. The van der Waals surface area contributed by atoms with Crippen molar-refractivity contribution in [1.82, 2.24) is 4.98 Å². The molecule has 0 radical (unpaired) electrons. The number of hydrogen-bond acceptors (Lipinski definition) is 6. The Bertz CT molecular complexity index is 884. The lowest BCUT2D eigenvalue weighted by Gasteiger charge is -2.08. The SMILES string of the molecule is Cc1ccc(S(=O)(=O)Oc2cc(C)[nH]c(=O)c2[N+](=O)[O-])cc1. The molecule has 0 amide bonds. The number of H-pyrrole nitrogens is 1. The van der Waals surface area contributed by atoms with Crippen molar-refractivity contribution in [3.8, 4) is 5.75 Å². The summed E-state index contributed by atoms with van der Waals surface area (Å²) in [5, 5.41) is 10.9. The average Bonchev–Trinajstić information content (AvgIpc) is 2.37. The first-order valence-electron chi connectivity index (χ1n) is 6.10. The number of aryl methyl sites for hydroxylation is 2. The monoisotopic (exact) mass is 324 g/mol. The van der Waals surface area contributed by atoms with E-state index in [9.17, 15) is 23.3 Å². The standard InChI is InChI=1S/C13H12N2O6S/c1-8-3-5-10(6-4-8)22(19,20)21-11-7-9(2)14-13(16)12(11)15(17)18/h3-7H,1-2H3,(H,14,16). The molecule has 0 fully saturated rings. The van der Waals surface area contributed by atoms with Gasteiger partial charge in [0.05, 0.1) is 4.92 Å². The topological polar surface area (TPSA) is 119 Å². The summed E-state index contributed by atoms with van der Waals surface area (Å²) in [5.41, 5.74) is -0.901. The number of nitrogens with one attached hydrogen (secondary N) is 1. The Balaban J connectivity index is 2.52. The van der Waals surface area contributed by atoms with Gasteiger partial charge in [-0.15, -0.1) is 0 Å². The van der Waals surface area contributed by atoms with Crippen LogP contribution in [0.2, 0.25) is 0 Å². The van der Waals surface area contributed by atoms with Crippen LogP contribution in [0.5, 0.6) is 5.75 Å². The van der Waals surface area contributed by atoms with Crippen LogP contribution in [0.4, 0.5) is 5.69 Å². The molecule has 0 bridgehead atoms. The largest absolute Gasteiger partial charge is 0.377 e. The van der Waals surface area contributed by atoms with E-state index in [2.05, 4.69) is 4.98 Å². The molecule has 2 rings (SSSR count). The fraction of sp³-hybridized carbons (Fsp3) is 0.154. The summed E-state index contributed by atoms with van der Waals surface area (Å²) in [4.78, 5) is 23.6. The molecule has 22 heavy (non-hydrogen) atoms. The van der Waals surface area contributed by atoms with Crippen molar-refractivity contribution in [3.63, 3.8) is 0 Å². The lowest BCUT2D eigenvalue weighted by molar-refractivity contribution is -0.387. The fourth-order valence-corrected chi connectivity index (χ4v) is 2.69. The molecule has 1 heterocycles. The molecule has 9 heteroatoms. The van der Waals surface area contributed by atoms with E-state index in [-0.39, 0.29) is 10.6 Å². The molecule has 116 valence electrons. The summed E-state index contributed by atoms with van der Waals surface area (Å²) < 4.78 is 29.1. The minimum absolute atomic E-state index is 0.162. The second-order valence-corrected chi connectivity index (χ2v) is 6.15. The van der Waals surface area contributed by atoms with Gasteiger partial charge in [0.25, 0.3) is 0 Å². The Morgan fingerprint density at radius 2 is 1.77 bits per heavy atom. The summed E-state index contributed by atoms with van der Waals surface area (Å²) in [5.74, 6) is -0.619. The minimum atomic E-state index is -4.28. The second kappa shape index (κ2) is 5.60. The number of nitrogens with zero attached hydrogens (tertiary/aromatic N) is 1. The number of aromatic amines is 1. The molecule has 0 atom stereocenters. The molecule has 1 aromatic carbocycles. The Hall–Kier alpha value is -2.68. The first-order chi connectivity index (χ1) is 10.2. The number of pyridine rings is 1. The highest BCUT2D eigenvalue weighted by atomic mass is 32.2. The van der Waals surface area contributed by atoms with Crippen molar-refractivity contribution in [1.29, 1.82) is 0 Å². The fourth-order valence-electron chi connectivity index (χ4n) is 1.76. The first kappa shape index (κ1) is 15.7. The van der Waals surface area contributed by atoms with Gasteiger partial charge in [0.15, 0.2) is 0 Å². The van der Waals surface area contributed by atoms with Crippen LogP contribution in [0.1, 0.15) is 11.3 Å². The predicted octanol–water partition coefficient (Wildman–Crippen LogP) is 1.67. The lowest BCUT2D eigenvalue weighted by atomic mass is 10.2. The third-order valence-corrected chi connectivity index (χ3v) is 4.05. The van der Waals surface area contributed by atoms with Gasteiger partial charge in [-0.3, -0.25) is 14.9 Å². The van der Waals surface area contributed by atoms with Crippen molar-refractivity contribution in [3.05, 3.63) is 62.1 Å². The van der Waals surface area contributed by atoms with E-state index in [4.69, 9.17) is 4.18 Å². The number of hydrogen-bond donors (Lipinski definition) is 1. The van der Waals surface area contributed by atoms with Crippen molar-refractivity contribution in [2.75, 3.05) is 0 Å². The molecule has 0 aliphatic carbocycles. The average molecular weight is 324 g/mol. The van der Waals surface area contributed by atoms with Crippen LogP contribution < -0.4 is 9.74 Å². The zero-order valence-corrected chi connectivity index (χ0v) is 12.5. The van der Waals surface area contributed by atoms with Gasteiger partial charge in [-0.1, -0.05) is 17.7 Å². The van der Waals surface area contributed by atoms with Crippen molar-refractivity contribution in [2.45, 2.75) is 18.7 Å². The molecule has 1 aromatic heterocycles. The van der Waals surface area contributed by atoms with Crippen LogP contribution in [0.25, 0.3) is 0 Å². The molecule has 8 nitrogen and oxygen atoms in total. The Labute approximate surface area is 125 Å². The lowest BCUT2D eigenvalue weighted by Crippen LogP contribution is -2.17. The second-order valence-electron chi connectivity index (χ2n) is 4.60. The van der Waals surface area contributed by atoms with Gasteiger partial charge in [0.2, 0.25) is 5.75 Å². The van der Waals surface area contributed by atoms with Gasteiger partial charge in [-0.05, 0) is 26.0 Å². The van der Waals surface area contributed by atoms with E-state index in [0.29, 0.717) is 0 Å². The van der Waals surface area contributed by atoms with E-state index in [1.54, 1.807) is 19.1 Å². The highest BCUT2D eigenvalue weighted by Gasteiger charge is 2.27. The molecular weight excluding hydrogens is 312 g/mol. The van der Waals surface area contributed by atoms with E-state index < -0.39 is 32.0 Å². The summed E-state index contributed by atoms with van der Waals surface area (Å²) in [6.45, 7) is 3.23. The smallest absolute Gasteiger partial charge is 0.371 e. The zero-order valence-electron chi connectivity index (χ0n) is 11.7. The van der Waals surface area contributed by atoms with Crippen molar-refractivity contribution >= 4 is 15.8 Å². The van der Waals surface area contributed by atoms with E-state index in [1.807, 2.05) is 0 Å². The van der Waals surface area contributed by atoms with E-state index in [1.165, 1.54) is 19.1 Å². The normalized spacial score (nSPS) is 11.2.